The van der Waals surface area contributed by atoms with E-state index in [0.29, 0.717) is 16.3 Å². The Labute approximate surface area is 115 Å². The van der Waals surface area contributed by atoms with Gasteiger partial charge in [0.25, 0.3) is 0 Å². The van der Waals surface area contributed by atoms with E-state index in [9.17, 15) is 4.79 Å². The molecule has 0 saturated heterocycles. The van der Waals surface area contributed by atoms with Crippen molar-refractivity contribution in [1.29, 1.82) is 0 Å². The zero-order valence-corrected chi connectivity index (χ0v) is 12.0. The zero-order valence-electron chi connectivity index (χ0n) is 8.87. The highest BCUT2D eigenvalue weighted by atomic mass is 79.9. The molecule has 1 N–H and O–H groups in total. The second-order valence-corrected chi connectivity index (χ2v) is 5.01. The number of halogens is 2. The second kappa shape index (κ2) is 5.23. The van der Waals surface area contributed by atoms with Gasteiger partial charge in [0.1, 0.15) is 17.4 Å². The number of aryl methyl sites for hydroxylation is 1. The highest BCUT2D eigenvalue weighted by molar-refractivity contribution is 9.09. The molecular formula is C12H10Br2O3. The fraction of sp³-hybridized carbons (Fsp3) is 0.250. The Morgan fingerprint density at radius 1 is 1.35 bits per heavy atom. The smallest absolute Gasteiger partial charge is 0.339 e. The number of fused-ring (bicyclic) bond motifs is 1. The van der Waals surface area contributed by atoms with Crippen LogP contribution in [0.15, 0.2) is 22.8 Å². The molecule has 90 valence electrons. The maximum atomic E-state index is 11.1. The van der Waals surface area contributed by atoms with Crippen LogP contribution in [0, 0.1) is 0 Å². The first-order valence-electron chi connectivity index (χ1n) is 5.05. The van der Waals surface area contributed by atoms with E-state index in [1.54, 1.807) is 0 Å². The fourth-order valence-corrected chi connectivity index (χ4v) is 2.67. The molecule has 1 heterocycles. The summed E-state index contributed by atoms with van der Waals surface area (Å²) in [7, 11) is 0. The van der Waals surface area contributed by atoms with E-state index < -0.39 is 5.97 Å². The van der Waals surface area contributed by atoms with Crippen molar-refractivity contribution in [2.45, 2.75) is 11.8 Å². The van der Waals surface area contributed by atoms with Gasteiger partial charge in [-0.1, -0.05) is 37.9 Å². The third-order valence-corrected chi connectivity index (χ3v) is 3.57. The summed E-state index contributed by atoms with van der Waals surface area (Å²) in [4.78, 5) is 11.1. The van der Waals surface area contributed by atoms with Crippen LogP contribution < -0.4 is 0 Å². The van der Waals surface area contributed by atoms with Gasteiger partial charge >= 0.3 is 5.97 Å². The predicted octanol–water partition coefficient (Wildman–Crippen LogP) is 3.96. The van der Waals surface area contributed by atoms with Gasteiger partial charge in [-0.2, -0.15) is 0 Å². The molecule has 0 amide bonds. The lowest BCUT2D eigenvalue weighted by atomic mass is 10.0. The van der Waals surface area contributed by atoms with E-state index in [1.165, 1.54) is 6.26 Å². The van der Waals surface area contributed by atoms with Crippen molar-refractivity contribution in [2.75, 3.05) is 5.33 Å². The largest absolute Gasteiger partial charge is 0.478 e. The summed E-state index contributed by atoms with van der Waals surface area (Å²) in [5, 5.41) is 11.2. The van der Waals surface area contributed by atoms with Crippen molar-refractivity contribution < 1.29 is 14.3 Å². The SMILES string of the molecule is O=C(O)c1coc2c(CBr)cc(CCBr)cc12. The van der Waals surface area contributed by atoms with E-state index in [2.05, 4.69) is 31.9 Å². The van der Waals surface area contributed by atoms with Gasteiger partial charge in [-0.3, -0.25) is 0 Å². The molecule has 0 aliphatic carbocycles. The van der Waals surface area contributed by atoms with Gasteiger partial charge in [-0.25, -0.2) is 4.79 Å². The maximum absolute atomic E-state index is 11.1. The van der Waals surface area contributed by atoms with Crippen LogP contribution in [-0.2, 0) is 11.8 Å². The van der Waals surface area contributed by atoms with Crippen molar-refractivity contribution in [2.24, 2.45) is 0 Å². The van der Waals surface area contributed by atoms with Crippen molar-refractivity contribution in [3.63, 3.8) is 0 Å². The minimum Gasteiger partial charge on any atom is -0.478 e. The molecule has 1 aromatic heterocycles. The Morgan fingerprint density at radius 2 is 2.12 bits per heavy atom. The number of carboxylic acid groups (broad SMARTS) is 1. The quantitative estimate of drug-likeness (QED) is 0.838. The van der Waals surface area contributed by atoms with E-state index in [-0.39, 0.29) is 5.56 Å². The van der Waals surface area contributed by atoms with Crippen molar-refractivity contribution in [3.8, 4) is 0 Å². The lowest BCUT2D eigenvalue weighted by Crippen LogP contribution is -1.95. The molecule has 0 bridgehead atoms. The van der Waals surface area contributed by atoms with Crippen molar-refractivity contribution >= 4 is 48.8 Å². The van der Waals surface area contributed by atoms with Gasteiger partial charge in [-0.05, 0) is 18.1 Å². The molecule has 0 spiro atoms. The first-order valence-corrected chi connectivity index (χ1v) is 7.30. The predicted molar refractivity (Wildman–Crippen MR) is 73.3 cm³/mol. The molecular weight excluding hydrogens is 352 g/mol. The molecule has 0 aliphatic heterocycles. The van der Waals surface area contributed by atoms with Crippen LogP contribution in [-0.4, -0.2) is 16.4 Å². The van der Waals surface area contributed by atoms with E-state index in [0.717, 1.165) is 22.9 Å². The van der Waals surface area contributed by atoms with Crippen LogP contribution in [0.2, 0.25) is 0 Å². The van der Waals surface area contributed by atoms with Gasteiger partial charge in [0.15, 0.2) is 0 Å². The molecule has 0 unspecified atom stereocenters. The summed E-state index contributed by atoms with van der Waals surface area (Å²) in [6.45, 7) is 0. The van der Waals surface area contributed by atoms with Gasteiger partial charge in [-0.15, -0.1) is 0 Å². The minimum atomic E-state index is -0.958. The number of furan rings is 1. The van der Waals surface area contributed by atoms with Gasteiger partial charge in [0, 0.05) is 21.6 Å². The van der Waals surface area contributed by atoms with Crippen molar-refractivity contribution in [1.82, 2.24) is 0 Å². The highest BCUT2D eigenvalue weighted by Crippen LogP contribution is 2.28. The second-order valence-electron chi connectivity index (χ2n) is 3.66. The van der Waals surface area contributed by atoms with Gasteiger partial charge in [0.05, 0.1) is 0 Å². The van der Waals surface area contributed by atoms with Gasteiger partial charge in [0.2, 0.25) is 0 Å². The number of carboxylic acids is 1. The molecule has 3 nitrogen and oxygen atoms in total. The molecule has 0 aliphatic rings. The summed E-state index contributed by atoms with van der Waals surface area (Å²) in [5.74, 6) is -0.958. The number of carbonyl (C=O) groups is 1. The first kappa shape index (κ1) is 12.6. The summed E-state index contributed by atoms with van der Waals surface area (Å²) in [5.41, 5.74) is 2.95. The molecule has 0 fully saturated rings. The maximum Gasteiger partial charge on any atom is 0.339 e. The van der Waals surface area contributed by atoms with Crippen LogP contribution in [0.3, 0.4) is 0 Å². The first-order chi connectivity index (χ1) is 8.17. The summed E-state index contributed by atoms with van der Waals surface area (Å²) >= 11 is 6.77. The Morgan fingerprint density at radius 3 is 2.71 bits per heavy atom. The Balaban J connectivity index is 2.67. The molecule has 17 heavy (non-hydrogen) atoms. The van der Waals surface area contributed by atoms with E-state index >= 15 is 0 Å². The van der Waals surface area contributed by atoms with E-state index in [1.807, 2.05) is 12.1 Å². The molecule has 2 rings (SSSR count). The number of alkyl halides is 2. The number of hydrogen-bond donors (Lipinski definition) is 1. The monoisotopic (exact) mass is 360 g/mol. The minimum absolute atomic E-state index is 0.221. The van der Waals surface area contributed by atoms with Crippen molar-refractivity contribution in [3.05, 3.63) is 35.1 Å². The standard InChI is InChI=1S/C12H10Br2O3/c13-2-1-7-3-8(5-14)11-9(4-7)10(6-17-11)12(15)16/h3-4,6H,1-2,5H2,(H,15,16). The van der Waals surface area contributed by atoms with Gasteiger partial charge < -0.3 is 9.52 Å². The summed E-state index contributed by atoms with van der Waals surface area (Å²) < 4.78 is 5.34. The average Bonchev–Trinajstić information content (AvgIpc) is 2.72. The van der Waals surface area contributed by atoms with Crippen LogP contribution >= 0.6 is 31.9 Å². The molecule has 0 saturated carbocycles. The molecule has 0 atom stereocenters. The highest BCUT2D eigenvalue weighted by Gasteiger charge is 2.15. The van der Waals surface area contributed by atoms with Crippen LogP contribution in [0.4, 0.5) is 0 Å². The Hall–Kier alpha value is -0.810. The lowest BCUT2D eigenvalue weighted by Gasteiger charge is -2.03. The number of benzene rings is 1. The van der Waals surface area contributed by atoms with Crippen LogP contribution in [0.1, 0.15) is 21.5 Å². The molecule has 5 heteroatoms. The van der Waals surface area contributed by atoms with Crippen LogP contribution in [0.25, 0.3) is 11.0 Å². The third kappa shape index (κ3) is 2.40. The molecule has 0 radical (unpaired) electrons. The third-order valence-electron chi connectivity index (χ3n) is 2.57. The zero-order chi connectivity index (χ0) is 12.4. The normalized spacial score (nSPS) is 10.9. The summed E-state index contributed by atoms with van der Waals surface area (Å²) in [6, 6.07) is 3.92. The summed E-state index contributed by atoms with van der Waals surface area (Å²) in [6.07, 6.45) is 2.16. The Kier molecular flexibility index (Phi) is 3.89. The van der Waals surface area contributed by atoms with Crippen LogP contribution in [0.5, 0.6) is 0 Å². The van der Waals surface area contributed by atoms with E-state index in [4.69, 9.17) is 9.52 Å². The molecule has 2 aromatic rings. The Bertz CT molecular complexity index is 560. The number of hydrogen-bond acceptors (Lipinski definition) is 2. The number of rotatable bonds is 4. The topological polar surface area (TPSA) is 50.4 Å². The fourth-order valence-electron chi connectivity index (χ4n) is 1.79. The lowest BCUT2D eigenvalue weighted by molar-refractivity contribution is 0.0698. The number of aromatic carboxylic acids is 1. The average molecular weight is 362 g/mol. The molecule has 1 aromatic carbocycles.